The van der Waals surface area contributed by atoms with E-state index in [1.165, 1.54) is 11.1 Å². The molecule has 0 radical (unpaired) electrons. The van der Waals surface area contributed by atoms with Gasteiger partial charge < -0.3 is 5.32 Å². The summed E-state index contributed by atoms with van der Waals surface area (Å²) in [6.07, 6.45) is 4.55. The van der Waals surface area contributed by atoms with E-state index in [1.807, 2.05) is 29.1 Å². The van der Waals surface area contributed by atoms with Gasteiger partial charge >= 0.3 is 0 Å². The summed E-state index contributed by atoms with van der Waals surface area (Å²) in [4.78, 5) is 16.9. The first kappa shape index (κ1) is 14.4. The van der Waals surface area contributed by atoms with Crippen LogP contribution in [0.3, 0.4) is 0 Å². The van der Waals surface area contributed by atoms with Gasteiger partial charge in [-0.1, -0.05) is 30.3 Å². The van der Waals surface area contributed by atoms with Crippen molar-refractivity contribution in [1.29, 1.82) is 0 Å². The SMILES string of the molecule is O=C1NCCn2nc3c(c21)CCc1cnc(Cc2ccccc2)cc1-3. The van der Waals surface area contributed by atoms with Gasteiger partial charge in [0.1, 0.15) is 5.69 Å². The molecule has 124 valence electrons. The fourth-order valence-corrected chi connectivity index (χ4v) is 3.84. The van der Waals surface area contributed by atoms with Gasteiger partial charge in [0.05, 0.1) is 12.2 Å². The smallest absolute Gasteiger partial charge is 0.269 e. The van der Waals surface area contributed by atoms with E-state index in [1.54, 1.807) is 0 Å². The van der Waals surface area contributed by atoms with Gasteiger partial charge in [-0.2, -0.15) is 5.10 Å². The van der Waals surface area contributed by atoms with E-state index >= 15 is 0 Å². The number of carbonyl (C=O) groups excluding carboxylic acids is 1. The third-order valence-corrected chi connectivity index (χ3v) is 5.05. The Labute approximate surface area is 145 Å². The molecule has 5 rings (SSSR count). The molecule has 25 heavy (non-hydrogen) atoms. The molecule has 0 saturated heterocycles. The molecular weight excluding hydrogens is 312 g/mol. The van der Waals surface area contributed by atoms with Crippen molar-refractivity contribution in [3.8, 4) is 11.3 Å². The summed E-state index contributed by atoms with van der Waals surface area (Å²) in [5.41, 5.74) is 7.43. The quantitative estimate of drug-likeness (QED) is 0.785. The maximum Gasteiger partial charge on any atom is 0.269 e. The summed E-state index contributed by atoms with van der Waals surface area (Å²) >= 11 is 0. The Morgan fingerprint density at radius 1 is 1.16 bits per heavy atom. The zero-order valence-corrected chi connectivity index (χ0v) is 13.8. The van der Waals surface area contributed by atoms with Crippen LogP contribution in [0.25, 0.3) is 11.3 Å². The molecule has 0 saturated carbocycles. The molecule has 0 unspecified atom stereocenters. The predicted octanol–water partition coefficient (Wildman–Crippen LogP) is 2.38. The van der Waals surface area contributed by atoms with E-state index in [0.29, 0.717) is 6.54 Å². The molecular formula is C20H18N4O. The first-order valence-corrected chi connectivity index (χ1v) is 8.69. The first-order chi connectivity index (χ1) is 12.3. The van der Waals surface area contributed by atoms with Crippen LogP contribution in [0, 0.1) is 0 Å². The van der Waals surface area contributed by atoms with Gasteiger partial charge in [-0.25, -0.2) is 0 Å². The number of rotatable bonds is 2. The molecule has 2 aliphatic rings. The van der Waals surface area contributed by atoms with Crippen molar-refractivity contribution in [2.45, 2.75) is 25.8 Å². The second-order valence-corrected chi connectivity index (χ2v) is 6.65. The minimum atomic E-state index is 0.00187. The molecule has 5 nitrogen and oxygen atoms in total. The average molecular weight is 330 g/mol. The molecule has 3 heterocycles. The Morgan fingerprint density at radius 3 is 2.92 bits per heavy atom. The lowest BCUT2D eigenvalue weighted by atomic mass is 9.89. The van der Waals surface area contributed by atoms with Crippen LogP contribution >= 0.6 is 0 Å². The lowest BCUT2D eigenvalue weighted by molar-refractivity contribution is 0.0923. The summed E-state index contributed by atoms with van der Waals surface area (Å²) < 4.78 is 1.87. The normalized spacial score (nSPS) is 15.1. The van der Waals surface area contributed by atoms with Crippen molar-refractivity contribution in [1.82, 2.24) is 20.1 Å². The molecule has 3 aromatic rings. The number of pyridine rings is 1. The van der Waals surface area contributed by atoms with Crippen LogP contribution in [-0.4, -0.2) is 27.2 Å². The maximum absolute atomic E-state index is 12.3. The number of nitrogens with one attached hydrogen (secondary N) is 1. The number of fused-ring (bicyclic) bond motifs is 5. The zero-order chi connectivity index (χ0) is 16.8. The van der Waals surface area contributed by atoms with Crippen LogP contribution in [0.4, 0.5) is 0 Å². The minimum Gasteiger partial charge on any atom is -0.349 e. The van der Waals surface area contributed by atoms with Gasteiger partial charge in [-0.3, -0.25) is 14.5 Å². The number of carbonyl (C=O) groups is 1. The molecule has 0 bridgehead atoms. The van der Waals surface area contributed by atoms with Crippen molar-refractivity contribution in [3.63, 3.8) is 0 Å². The molecule has 5 heteroatoms. The van der Waals surface area contributed by atoms with E-state index in [0.717, 1.165) is 54.0 Å². The Morgan fingerprint density at radius 2 is 2.04 bits per heavy atom. The molecule has 1 N–H and O–H groups in total. The minimum absolute atomic E-state index is 0.00187. The molecule has 1 aliphatic heterocycles. The van der Waals surface area contributed by atoms with Gasteiger partial charge in [0.25, 0.3) is 5.91 Å². The van der Waals surface area contributed by atoms with Gasteiger partial charge in [-0.05, 0) is 30.0 Å². The van der Waals surface area contributed by atoms with E-state index < -0.39 is 0 Å². The Hall–Kier alpha value is -2.95. The zero-order valence-electron chi connectivity index (χ0n) is 13.8. The van der Waals surface area contributed by atoms with Crippen LogP contribution in [0.1, 0.15) is 32.9 Å². The summed E-state index contributed by atoms with van der Waals surface area (Å²) in [5.74, 6) is 0.00187. The Balaban J connectivity index is 1.59. The lowest BCUT2D eigenvalue weighted by Crippen LogP contribution is -2.36. The van der Waals surface area contributed by atoms with Gasteiger partial charge in [0, 0.05) is 36.0 Å². The molecule has 1 aromatic carbocycles. The van der Waals surface area contributed by atoms with E-state index in [-0.39, 0.29) is 5.91 Å². The number of hydrogen-bond acceptors (Lipinski definition) is 3. The van der Waals surface area contributed by atoms with Crippen LogP contribution in [0.2, 0.25) is 0 Å². The predicted molar refractivity (Wildman–Crippen MR) is 94.4 cm³/mol. The molecule has 1 amide bonds. The van der Waals surface area contributed by atoms with E-state index in [9.17, 15) is 4.79 Å². The first-order valence-electron chi connectivity index (χ1n) is 8.69. The Kier molecular flexibility index (Phi) is 3.20. The van der Waals surface area contributed by atoms with Crippen molar-refractivity contribution < 1.29 is 4.79 Å². The second kappa shape index (κ2) is 5.55. The molecule has 2 aromatic heterocycles. The number of amides is 1. The second-order valence-electron chi connectivity index (χ2n) is 6.65. The number of benzene rings is 1. The van der Waals surface area contributed by atoms with Crippen LogP contribution in [0.5, 0.6) is 0 Å². The number of aromatic nitrogens is 3. The van der Waals surface area contributed by atoms with Crippen LogP contribution in [-0.2, 0) is 25.8 Å². The fraction of sp³-hybridized carbons (Fsp3) is 0.250. The van der Waals surface area contributed by atoms with Gasteiger partial charge in [-0.15, -0.1) is 0 Å². The van der Waals surface area contributed by atoms with Gasteiger partial charge in [0.15, 0.2) is 0 Å². The molecule has 0 fully saturated rings. The fourth-order valence-electron chi connectivity index (χ4n) is 3.84. The number of hydrogen-bond donors (Lipinski definition) is 1. The molecule has 1 aliphatic carbocycles. The van der Waals surface area contributed by atoms with Crippen molar-refractivity contribution >= 4 is 5.91 Å². The largest absolute Gasteiger partial charge is 0.349 e. The highest BCUT2D eigenvalue weighted by Gasteiger charge is 2.30. The Bertz CT molecular complexity index is 975. The summed E-state index contributed by atoms with van der Waals surface area (Å²) in [5, 5.41) is 7.69. The van der Waals surface area contributed by atoms with Gasteiger partial charge in [0.2, 0.25) is 0 Å². The standard InChI is InChI=1S/C20H18N4O/c25-20-19-16-7-6-14-12-22-15(10-13-4-2-1-3-5-13)11-17(14)18(16)23-24(19)9-8-21-20/h1-5,11-12H,6-10H2,(H,21,25). The maximum atomic E-state index is 12.3. The summed E-state index contributed by atoms with van der Waals surface area (Å²) in [7, 11) is 0. The summed E-state index contributed by atoms with van der Waals surface area (Å²) in [6, 6.07) is 12.5. The van der Waals surface area contributed by atoms with E-state index in [4.69, 9.17) is 5.10 Å². The third-order valence-electron chi connectivity index (χ3n) is 5.05. The highest BCUT2D eigenvalue weighted by molar-refractivity contribution is 5.96. The number of aryl methyl sites for hydroxylation is 1. The van der Waals surface area contributed by atoms with E-state index in [2.05, 4.69) is 28.5 Å². The highest BCUT2D eigenvalue weighted by Crippen LogP contribution is 2.35. The lowest BCUT2D eigenvalue weighted by Gasteiger charge is -2.18. The topological polar surface area (TPSA) is 59.8 Å². The van der Waals surface area contributed by atoms with Crippen LogP contribution < -0.4 is 5.32 Å². The highest BCUT2D eigenvalue weighted by atomic mass is 16.2. The molecule has 0 spiro atoms. The third kappa shape index (κ3) is 2.35. The monoisotopic (exact) mass is 330 g/mol. The summed E-state index contributed by atoms with van der Waals surface area (Å²) in [6.45, 7) is 1.39. The van der Waals surface area contributed by atoms with Crippen LogP contribution in [0.15, 0.2) is 42.6 Å². The van der Waals surface area contributed by atoms with Crippen molar-refractivity contribution in [2.24, 2.45) is 0 Å². The number of nitrogens with zero attached hydrogens (tertiary/aromatic N) is 3. The van der Waals surface area contributed by atoms with Crippen molar-refractivity contribution in [3.05, 3.63) is 70.7 Å². The molecule has 0 atom stereocenters. The average Bonchev–Trinajstić information content (AvgIpc) is 3.03. The van der Waals surface area contributed by atoms with Crippen molar-refractivity contribution in [2.75, 3.05) is 6.54 Å².